The van der Waals surface area contributed by atoms with Crippen LogP contribution in [0, 0.1) is 10.1 Å². The van der Waals surface area contributed by atoms with Crippen LogP contribution in [0.25, 0.3) is 12.2 Å². The maximum Gasteiger partial charge on any atom is 0.357 e. The molecule has 0 saturated carbocycles. The maximum absolute atomic E-state index is 11.5. The Hall–Kier alpha value is -2.68. The van der Waals surface area contributed by atoms with Crippen LogP contribution in [0.15, 0.2) is 32.3 Å². The third-order valence-corrected chi connectivity index (χ3v) is 3.37. The summed E-state index contributed by atoms with van der Waals surface area (Å²) in [4.78, 5) is 36.8. The van der Waals surface area contributed by atoms with E-state index in [0.717, 1.165) is 0 Å². The van der Waals surface area contributed by atoms with Crippen LogP contribution in [-0.4, -0.2) is 22.0 Å². The predicted octanol–water partition coefficient (Wildman–Crippen LogP) is 1.91. The van der Waals surface area contributed by atoms with E-state index in [1.165, 1.54) is 19.3 Å². The number of nitrogens with zero attached hydrogens (tertiary/aromatic N) is 1. The second-order valence-electron chi connectivity index (χ2n) is 4.15. The molecule has 0 aliphatic heterocycles. The molecule has 114 valence electrons. The predicted molar refractivity (Wildman–Crippen MR) is 84.0 cm³/mol. The Balaban J connectivity index is 2.46. The van der Waals surface area contributed by atoms with Crippen molar-refractivity contribution < 1.29 is 9.66 Å². The van der Waals surface area contributed by atoms with Gasteiger partial charge in [-0.25, -0.2) is 4.79 Å². The topological polar surface area (TPSA) is 118 Å². The van der Waals surface area contributed by atoms with E-state index >= 15 is 0 Å². The Labute approximate surface area is 131 Å². The van der Waals surface area contributed by atoms with Crippen LogP contribution < -0.4 is 16.0 Å². The van der Waals surface area contributed by atoms with Crippen molar-refractivity contribution in [1.29, 1.82) is 0 Å². The van der Waals surface area contributed by atoms with E-state index in [2.05, 4.69) is 20.9 Å². The molecule has 1 heterocycles. The van der Waals surface area contributed by atoms with Crippen LogP contribution in [0.4, 0.5) is 5.69 Å². The van der Waals surface area contributed by atoms with Crippen LogP contribution in [0.1, 0.15) is 11.3 Å². The number of methoxy groups -OCH3 is 1. The summed E-state index contributed by atoms with van der Waals surface area (Å²) >= 11 is 3.31. The molecule has 9 heteroatoms. The van der Waals surface area contributed by atoms with Crippen molar-refractivity contribution in [2.75, 3.05) is 7.11 Å². The minimum atomic E-state index is -1.05. The van der Waals surface area contributed by atoms with Gasteiger partial charge in [0.2, 0.25) is 0 Å². The van der Waals surface area contributed by atoms with Crippen molar-refractivity contribution in [2.24, 2.45) is 0 Å². The lowest BCUT2D eigenvalue weighted by molar-refractivity contribution is -0.386. The van der Waals surface area contributed by atoms with Crippen molar-refractivity contribution in [2.45, 2.75) is 0 Å². The first-order valence-corrected chi connectivity index (χ1v) is 6.74. The van der Waals surface area contributed by atoms with Gasteiger partial charge in [-0.1, -0.05) is 12.1 Å². The van der Waals surface area contributed by atoms with Crippen molar-refractivity contribution in [3.8, 4) is 5.75 Å². The fourth-order valence-electron chi connectivity index (χ4n) is 1.77. The molecule has 1 aromatic heterocycles. The van der Waals surface area contributed by atoms with E-state index in [4.69, 9.17) is 4.74 Å². The van der Waals surface area contributed by atoms with Crippen LogP contribution in [0.3, 0.4) is 0 Å². The van der Waals surface area contributed by atoms with E-state index < -0.39 is 21.9 Å². The number of ether oxygens (including phenoxy) is 1. The fraction of sp³-hybridized carbons (Fsp3) is 0.0769. The minimum absolute atomic E-state index is 0.175. The Bertz CT molecular complexity index is 869. The zero-order valence-electron chi connectivity index (χ0n) is 11.3. The first-order valence-electron chi connectivity index (χ1n) is 5.95. The van der Waals surface area contributed by atoms with E-state index in [-0.39, 0.29) is 5.69 Å². The smallest absolute Gasteiger partial charge is 0.357 e. The highest BCUT2D eigenvalue weighted by Crippen LogP contribution is 2.26. The molecule has 0 atom stereocenters. The quantitative estimate of drug-likeness (QED) is 0.631. The lowest BCUT2D eigenvalue weighted by Gasteiger charge is -2.03. The molecule has 2 N–H and O–H groups in total. The number of halogens is 1. The summed E-state index contributed by atoms with van der Waals surface area (Å²) in [6, 6.07) is 5.16. The number of hydrogen-bond acceptors (Lipinski definition) is 5. The molecule has 0 unspecified atom stereocenters. The minimum Gasteiger partial charge on any atom is -0.496 e. The van der Waals surface area contributed by atoms with Gasteiger partial charge < -0.3 is 9.72 Å². The number of nitro groups is 1. The number of aromatic amines is 2. The van der Waals surface area contributed by atoms with Gasteiger partial charge in [-0.15, -0.1) is 0 Å². The summed E-state index contributed by atoms with van der Waals surface area (Å²) in [6.07, 6.45) is 2.82. The van der Waals surface area contributed by atoms with Crippen LogP contribution in [0.5, 0.6) is 5.75 Å². The van der Waals surface area contributed by atoms with Gasteiger partial charge in [-0.3, -0.25) is 19.9 Å². The number of aromatic nitrogens is 2. The van der Waals surface area contributed by atoms with Crippen LogP contribution in [0.2, 0.25) is 0 Å². The van der Waals surface area contributed by atoms with Crippen LogP contribution >= 0.6 is 15.9 Å². The monoisotopic (exact) mass is 367 g/mol. The number of nitrogens with one attached hydrogen (secondary N) is 2. The summed E-state index contributed by atoms with van der Waals surface area (Å²) in [7, 11) is 1.53. The first kappa shape index (κ1) is 15.7. The largest absolute Gasteiger partial charge is 0.496 e. The van der Waals surface area contributed by atoms with Crippen molar-refractivity contribution in [3.63, 3.8) is 0 Å². The molecule has 2 rings (SSSR count). The lowest BCUT2D eigenvalue weighted by atomic mass is 10.2. The van der Waals surface area contributed by atoms with E-state index in [9.17, 15) is 19.7 Å². The average molecular weight is 368 g/mol. The molecule has 0 amide bonds. The normalized spacial score (nSPS) is 10.8. The molecule has 0 bridgehead atoms. The number of rotatable bonds is 4. The standard InChI is InChI=1S/C13H10BrN3O5/c1-22-10-5-3-7(6-8(10)14)2-4-9-11(17(20)21)12(18)16-13(19)15-9/h2-6H,1H3,(H2,15,16,18,19). The zero-order valence-corrected chi connectivity index (χ0v) is 12.8. The summed E-state index contributed by atoms with van der Waals surface area (Å²) < 4.78 is 5.79. The zero-order chi connectivity index (χ0) is 16.3. The molecule has 22 heavy (non-hydrogen) atoms. The third kappa shape index (κ3) is 3.31. The van der Waals surface area contributed by atoms with Crippen molar-refractivity contribution in [1.82, 2.24) is 9.97 Å². The SMILES string of the molecule is COc1ccc(C=Cc2[nH]c(=O)[nH]c(=O)c2[N+](=O)[O-])cc1Br. The average Bonchev–Trinajstić information content (AvgIpc) is 2.44. The van der Waals surface area contributed by atoms with Gasteiger partial charge in [-0.05, 0) is 39.7 Å². The molecule has 8 nitrogen and oxygen atoms in total. The summed E-state index contributed by atoms with van der Waals surface area (Å²) in [5.74, 6) is 0.632. The van der Waals surface area contributed by atoms with Gasteiger partial charge >= 0.3 is 16.9 Å². The highest BCUT2D eigenvalue weighted by Gasteiger charge is 2.18. The number of benzene rings is 1. The second kappa shape index (κ2) is 6.39. The van der Waals surface area contributed by atoms with Gasteiger partial charge in [0.1, 0.15) is 11.4 Å². The molecule has 0 fully saturated rings. The number of hydrogen-bond donors (Lipinski definition) is 2. The highest BCUT2D eigenvalue weighted by atomic mass is 79.9. The summed E-state index contributed by atoms with van der Waals surface area (Å²) in [5.41, 5.74) is -2.06. The Morgan fingerprint density at radius 2 is 2.00 bits per heavy atom. The van der Waals surface area contributed by atoms with E-state index in [1.807, 2.05) is 4.98 Å². The first-order chi connectivity index (χ1) is 10.4. The van der Waals surface area contributed by atoms with E-state index in [0.29, 0.717) is 15.8 Å². The second-order valence-corrected chi connectivity index (χ2v) is 5.01. The Kier molecular flexibility index (Phi) is 4.56. The van der Waals surface area contributed by atoms with E-state index in [1.54, 1.807) is 18.2 Å². The summed E-state index contributed by atoms with van der Waals surface area (Å²) in [5, 5.41) is 10.9. The van der Waals surface area contributed by atoms with Crippen molar-refractivity contribution >= 4 is 33.8 Å². The van der Waals surface area contributed by atoms with Gasteiger partial charge in [0.05, 0.1) is 16.5 Å². The molecular weight excluding hydrogens is 358 g/mol. The molecule has 0 saturated heterocycles. The molecule has 0 radical (unpaired) electrons. The molecule has 1 aromatic carbocycles. The lowest BCUT2D eigenvalue weighted by Crippen LogP contribution is -2.25. The third-order valence-electron chi connectivity index (χ3n) is 2.75. The van der Waals surface area contributed by atoms with Crippen LogP contribution in [-0.2, 0) is 0 Å². The molecule has 0 aliphatic rings. The molecular formula is C13H10BrN3O5. The summed E-state index contributed by atoms with van der Waals surface area (Å²) in [6.45, 7) is 0. The van der Waals surface area contributed by atoms with Gasteiger partial charge in [-0.2, -0.15) is 0 Å². The Morgan fingerprint density at radius 1 is 1.27 bits per heavy atom. The molecule has 0 aliphatic carbocycles. The van der Waals surface area contributed by atoms with Gasteiger partial charge in [0.15, 0.2) is 0 Å². The maximum atomic E-state index is 11.5. The Morgan fingerprint density at radius 3 is 2.59 bits per heavy atom. The molecule has 0 spiro atoms. The highest BCUT2D eigenvalue weighted by molar-refractivity contribution is 9.10. The number of H-pyrrole nitrogens is 2. The van der Waals surface area contributed by atoms with Crippen molar-refractivity contribution in [3.05, 3.63) is 64.9 Å². The van der Waals surface area contributed by atoms with Gasteiger partial charge in [0, 0.05) is 0 Å². The van der Waals surface area contributed by atoms with Gasteiger partial charge in [0.25, 0.3) is 0 Å². The molecule has 2 aromatic rings. The fourth-order valence-corrected chi connectivity index (χ4v) is 2.32.